The molecule has 2 rings (SSSR count). The summed E-state index contributed by atoms with van der Waals surface area (Å²) in [6.07, 6.45) is 7.33. The largest absolute Gasteiger partial charge is 0.370 e. The first-order valence-corrected chi connectivity index (χ1v) is 7.81. The van der Waals surface area contributed by atoms with Crippen LogP contribution in [0.3, 0.4) is 0 Å². The maximum Gasteiger partial charge on any atom is 0.145 e. The molecule has 0 saturated heterocycles. The fraction of sp³-hybridized carbons (Fsp3) is 0.733. The van der Waals surface area contributed by atoms with Crippen molar-refractivity contribution in [3.8, 4) is 0 Å². The summed E-state index contributed by atoms with van der Waals surface area (Å²) in [5, 5.41) is 3.47. The van der Waals surface area contributed by atoms with Crippen molar-refractivity contribution in [2.45, 2.75) is 52.4 Å². The Hall–Kier alpha value is -1.36. The molecule has 1 aliphatic rings. The molecule has 2 unspecified atom stereocenters. The van der Waals surface area contributed by atoms with E-state index in [1.807, 2.05) is 6.07 Å². The standard InChI is InChI=1S/C15H27N5/c1-3-6-13-18-14(9-15(19-13)20-16)17-10-12-8-5-4-7-11(12)2/h9,11-12H,3-8,10,16H2,1-2H3,(H2,17,18,19,20). The lowest BCUT2D eigenvalue weighted by Crippen LogP contribution is -2.25. The van der Waals surface area contributed by atoms with Gasteiger partial charge in [-0.05, 0) is 24.7 Å². The van der Waals surface area contributed by atoms with Gasteiger partial charge in [0.1, 0.15) is 17.5 Å². The molecule has 0 radical (unpaired) electrons. The van der Waals surface area contributed by atoms with E-state index < -0.39 is 0 Å². The van der Waals surface area contributed by atoms with Crippen molar-refractivity contribution in [2.24, 2.45) is 17.7 Å². The first-order valence-electron chi connectivity index (χ1n) is 7.81. The van der Waals surface area contributed by atoms with Crippen molar-refractivity contribution < 1.29 is 0 Å². The lowest BCUT2D eigenvalue weighted by atomic mass is 9.80. The Balaban J connectivity index is 1.98. The smallest absolute Gasteiger partial charge is 0.145 e. The number of nitrogen functional groups attached to an aromatic ring is 1. The monoisotopic (exact) mass is 277 g/mol. The SMILES string of the molecule is CCCc1nc(NN)cc(NCC2CCCCC2C)n1. The number of nitrogens with zero attached hydrogens (tertiary/aromatic N) is 2. The summed E-state index contributed by atoms with van der Waals surface area (Å²) < 4.78 is 0. The van der Waals surface area contributed by atoms with Crippen LogP contribution in [0, 0.1) is 11.8 Å². The van der Waals surface area contributed by atoms with Gasteiger partial charge in [-0.3, -0.25) is 0 Å². The second kappa shape index (κ2) is 7.43. The molecule has 1 aromatic heterocycles. The van der Waals surface area contributed by atoms with E-state index in [9.17, 15) is 0 Å². The number of hydrazine groups is 1. The second-order valence-electron chi connectivity index (χ2n) is 5.85. The van der Waals surface area contributed by atoms with Crippen LogP contribution >= 0.6 is 0 Å². The third-order valence-electron chi connectivity index (χ3n) is 4.23. The highest BCUT2D eigenvalue weighted by molar-refractivity contribution is 5.46. The average molecular weight is 277 g/mol. The first-order chi connectivity index (χ1) is 9.72. The zero-order valence-electron chi connectivity index (χ0n) is 12.7. The molecule has 0 spiro atoms. The van der Waals surface area contributed by atoms with Gasteiger partial charge in [0.15, 0.2) is 0 Å². The highest BCUT2D eigenvalue weighted by Crippen LogP contribution is 2.29. The molecule has 112 valence electrons. The predicted molar refractivity (Wildman–Crippen MR) is 83.4 cm³/mol. The molecule has 2 atom stereocenters. The minimum Gasteiger partial charge on any atom is -0.370 e. The molecule has 5 heteroatoms. The van der Waals surface area contributed by atoms with Crippen molar-refractivity contribution in [1.29, 1.82) is 0 Å². The Morgan fingerprint density at radius 1 is 1.25 bits per heavy atom. The van der Waals surface area contributed by atoms with Crippen LogP contribution < -0.4 is 16.6 Å². The van der Waals surface area contributed by atoms with Gasteiger partial charge in [0.25, 0.3) is 0 Å². The molecule has 1 aliphatic carbocycles. The molecule has 1 saturated carbocycles. The highest BCUT2D eigenvalue weighted by Gasteiger charge is 2.21. The normalized spacial score (nSPS) is 22.6. The van der Waals surface area contributed by atoms with Gasteiger partial charge in [-0.1, -0.05) is 33.1 Å². The van der Waals surface area contributed by atoms with Crippen LogP contribution in [0.2, 0.25) is 0 Å². The van der Waals surface area contributed by atoms with Gasteiger partial charge in [0.2, 0.25) is 0 Å². The maximum absolute atomic E-state index is 5.48. The van der Waals surface area contributed by atoms with E-state index in [2.05, 4.69) is 34.6 Å². The summed E-state index contributed by atoms with van der Waals surface area (Å²) in [7, 11) is 0. The molecule has 1 fully saturated rings. The Labute approximate surface area is 121 Å². The van der Waals surface area contributed by atoms with Gasteiger partial charge in [-0.15, -0.1) is 0 Å². The fourth-order valence-corrected chi connectivity index (χ4v) is 2.93. The van der Waals surface area contributed by atoms with E-state index in [4.69, 9.17) is 5.84 Å². The van der Waals surface area contributed by atoms with Gasteiger partial charge >= 0.3 is 0 Å². The predicted octanol–water partition coefficient (Wildman–Crippen LogP) is 2.95. The first kappa shape index (κ1) is 15.0. The summed E-state index contributed by atoms with van der Waals surface area (Å²) in [5.41, 5.74) is 2.62. The molecule has 5 nitrogen and oxygen atoms in total. The lowest BCUT2D eigenvalue weighted by Gasteiger charge is -2.29. The second-order valence-corrected chi connectivity index (χ2v) is 5.85. The minimum atomic E-state index is 0.683. The van der Waals surface area contributed by atoms with Crippen LogP contribution in [0.15, 0.2) is 6.07 Å². The Morgan fingerprint density at radius 2 is 2.00 bits per heavy atom. The number of hydrogen-bond donors (Lipinski definition) is 3. The summed E-state index contributed by atoms with van der Waals surface area (Å²) in [6, 6.07) is 1.88. The number of nitrogens with one attached hydrogen (secondary N) is 2. The molecule has 4 N–H and O–H groups in total. The van der Waals surface area contributed by atoms with Gasteiger partial charge in [0.05, 0.1) is 0 Å². The topological polar surface area (TPSA) is 75.9 Å². The third-order valence-corrected chi connectivity index (χ3v) is 4.23. The quantitative estimate of drug-likeness (QED) is 0.550. The minimum absolute atomic E-state index is 0.683. The van der Waals surface area contributed by atoms with Crippen LogP contribution in [0.25, 0.3) is 0 Å². The van der Waals surface area contributed by atoms with Crippen LogP contribution in [0.1, 0.15) is 51.8 Å². The molecule has 0 amide bonds. The van der Waals surface area contributed by atoms with Crippen molar-refractivity contribution in [2.75, 3.05) is 17.3 Å². The van der Waals surface area contributed by atoms with Crippen LogP contribution in [0.5, 0.6) is 0 Å². The van der Waals surface area contributed by atoms with Gasteiger partial charge in [0, 0.05) is 19.0 Å². The lowest BCUT2D eigenvalue weighted by molar-refractivity contribution is 0.268. The zero-order valence-corrected chi connectivity index (χ0v) is 12.7. The van der Waals surface area contributed by atoms with Crippen molar-refractivity contribution in [3.05, 3.63) is 11.9 Å². The molecular weight excluding hydrogens is 250 g/mol. The van der Waals surface area contributed by atoms with Gasteiger partial charge in [-0.25, -0.2) is 15.8 Å². The number of rotatable bonds is 6. The summed E-state index contributed by atoms with van der Waals surface area (Å²) in [4.78, 5) is 8.93. The maximum atomic E-state index is 5.48. The van der Waals surface area contributed by atoms with Gasteiger partial charge < -0.3 is 10.7 Å². The van der Waals surface area contributed by atoms with E-state index >= 15 is 0 Å². The Kier molecular flexibility index (Phi) is 5.59. The van der Waals surface area contributed by atoms with E-state index in [-0.39, 0.29) is 0 Å². The van der Waals surface area contributed by atoms with Crippen LogP contribution in [-0.4, -0.2) is 16.5 Å². The zero-order chi connectivity index (χ0) is 14.4. The number of aryl methyl sites for hydroxylation is 1. The summed E-state index contributed by atoms with van der Waals surface area (Å²) in [6.45, 7) is 5.48. The fourth-order valence-electron chi connectivity index (χ4n) is 2.93. The summed E-state index contributed by atoms with van der Waals surface area (Å²) in [5.74, 6) is 9.45. The van der Waals surface area contributed by atoms with Crippen molar-refractivity contribution in [3.63, 3.8) is 0 Å². The summed E-state index contributed by atoms with van der Waals surface area (Å²) >= 11 is 0. The van der Waals surface area contributed by atoms with Crippen molar-refractivity contribution in [1.82, 2.24) is 9.97 Å². The van der Waals surface area contributed by atoms with E-state index in [1.165, 1.54) is 25.7 Å². The number of hydrogen-bond acceptors (Lipinski definition) is 5. The molecule has 0 aliphatic heterocycles. The average Bonchev–Trinajstić information content (AvgIpc) is 2.46. The van der Waals surface area contributed by atoms with E-state index in [0.717, 1.165) is 42.9 Å². The third kappa shape index (κ3) is 4.07. The molecule has 1 heterocycles. The van der Waals surface area contributed by atoms with Crippen LogP contribution in [0.4, 0.5) is 11.6 Å². The molecular formula is C15H27N5. The number of nitrogens with two attached hydrogens (primary N) is 1. The Bertz CT molecular complexity index is 421. The molecule has 0 aromatic carbocycles. The van der Waals surface area contributed by atoms with E-state index in [1.54, 1.807) is 0 Å². The molecule has 0 bridgehead atoms. The van der Waals surface area contributed by atoms with E-state index in [0.29, 0.717) is 5.82 Å². The van der Waals surface area contributed by atoms with Crippen LogP contribution in [-0.2, 0) is 6.42 Å². The Morgan fingerprint density at radius 3 is 2.70 bits per heavy atom. The number of aromatic nitrogens is 2. The number of anilines is 2. The molecule has 20 heavy (non-hydrogen) atoms. The molecule has 1 aromatic rings. The highest BCUT2D eigenvalue weighted by atomic mass is 15.3. The van der Waals surface area contributed by atoms with Gasteiger partial charge in [-0.2, -0.15) is 0 Å². The van der Waals surface area contributed by atoms with Crippen molar-refractivity contribution >= 4 is 11.6 Å².